The monoisotopic (exact) mass is 239 g/mol. The standard InChI is InChI=1S/C16H17NO/c1-2-4-12-5-3-6-14(11-12)16(18)13-7-9-15(17)10-8-13/h3,5-11H,2,4,17H2,1H3. The van der Waals surface area contributed by atoms with Gasteiger partial charge in [0.25, 0.3) is 0 Å². The third-order valence-corrected chi connectivity index (χ3v) is 2.90. The van der Waals surface area contributed by atoms with Crippen LogP contribution in [0.5, 0.6) is 0 Å². The van der Waals surface area contributed by atoms with Crippen LogP contribution in [0.4, 0.5) is 5.69 Å². The first-order valence-corrected chi connectivity index (χ1v) is 6.20. The van der Waals surface area contributed by atoms with Gasteiger partial charge in [-0.3, -0.25) is 4.79 Å². The van der Waals surface area contributed by atoms with E-state index in [1.165, 1.54) is 5.56 Å². The summed E-state index contributed by atoms with van der Waals surface area (Å²) < 4.78 is 0. The van der Waals surface area contributed by atoms with Gasteiger partial charge in [-0.2, -0.15) is 0 Å². The van der Waals surface area contributed by atoms with Crippen LogP contribution in [0, 0.1) is 0 Å². The average Bonchev–Trinajstić information content (AvgIpc) is 2.39. The minimum atomic E-state index is 0.0490. The van der Waals surface area contributed by atoms with Crippen LogP contribution in [0.25, 0.3) is 0 Å². The summed E-state index contributed by atoms with van der Waals surface area (Å²) in [6.07, 6.45) is 2.09. The Balaban J connectivity index is 2.28. The lowest BCUT2D eigenvalue weighted by molar-refractivity contribution is 0.103. The number of ketones is 1. The Kier molecular flexibility index (Phi) is 3.78. The van der Waals surface area contributed by atoms with E-state index < -0.39 is 0 Å². The highest BCUT2D eigenvalue weighted by Gasteiger charge is 2.08. The zero-order valence-electron chi connectivity index (χ0n) is 10.5. The highest BCUT2D eigenvalue weighted by molar-refractivity contribution is 6.09. The lowest BCUT2D eigenvalue weighted by Gasteiger charge is -2.04. The van der Waals surface area contributed by atoms with E-state index in [0.717, 1.165) is 18.4 Å². The smallest absolute Gasteiger partial charge is 0.193 e. The summed E-state index contributed by atoms with van der Waals surface area (Å²) >= 11 is 0. The average molecular weight is 239 g/mol. The molecule has 92 valence electrons. The second kappa shape index (κ2) is 5.50. The van der Waals surface area contributed by atoms with E-state index in [2.05, 4.69) is 13.0 Å². The van der Waals surface area contributed by atoms with Gasteiger partial charge in [-0.15, -0.1) is 0 Å². The molecule has 2 aromatic rings. The van der Waals surface area contributed by atoms with E-state index in [1.807, 2.05) is 18.2 Å². The number of hydrogen-bond donors (Lipinski definition) is 1. The third-order valence-electron chi connectivity index (χ3n) is 2.90. The fourth-order valence-corrected chi connectivity index (χ4v) is 1.96. The van der Waals surface area contributed by atoms with Crippen molar-refractivity contribution < 1.29 is 4.79 Å². The molecule has 2 N–H and O–H groups in total. The van der Waals surface area contributed by atoms with Crippen molar-refractivity contribution in [1.82, 2.24) is 0 Å². The number of carbonyl (C=O) groups excluding carboxylic acids is 1. The first kappa shape index (κ1) is 12.4. The molecule has 0 radical (unpaired) electrons. The molecule has 0 unspecified atom stereocenters. The van der Waals surface area contributed by atoms with Crippen LogP contribution in [0.3, 0.4) is 0 Å². The van der Waals surface area contributed by atoms with Gasteiger partial charge in [0, 0.05) is 16.8 Å². The minimum absolute atomic E-state index is 0.0490. The Morgan fingerprint density at radius 3 is 2.44 bits per heavy atom. The van der Waals surface area contributed by atoms with Crippen LogP contribution in [-0.2, 0) is 6.42 Å². The summed E-state index contributed by atoms with van der Waals surface area (Å²) in [5, 5.41) is 0. The first-order valence-electron chi connectivity index (χ1n) is 6.20. The van der Waals surface area contributed by atoms with Crippen LogP contribution in [0.15, 0.2) is 48.5 Å². The molecule has 2 heteroatoms. The number of rotatable bonds is 4. The van der Waals surface area contributed by atoms with E-state index in [1.54, 1.807) is 24.3 Å². The molecule has 0 amide bonds. The van der Waals surface area contributed by atoms with E-state index in [-0.39, 0.29) is 5.78 Å². The molecule has 2 rings (SSSR count). The van der Waals surface area contributed by atoms with Crippen molar-refractivity contribution in [3.05, 3.63) is 65.2 Å². The number of carbonyl (C=O) groups is 1. The van der Waals surface area contributed by atoms with Gasteiger partial charge < -0.3 is 5.73 Å². The highest BCUT2D eigenvalue weighted by Crippen LogP contribution is 2.14. The molecule has 0 aliphatic heterocycles. The Morgan fingerprint density at radius 1 is 1.06 bits per heavy atom. The summed E-state index contributed by atoms with van der Waals surface area (Å²) in [5.41, 5.74) is 8.92. The van der Waals surface area contributed by atoms with Crippen molar-refractivity contribution in [2.24, 2.45) is 0 Å². The third kappa shape index (κ3) is 2.77. The Hall–Kier alpha value is -2.09. The predicted molar refractivity (Wildman–Crippen MR) is 74.7 cm³/mol. The summed E-state index contributed by atoms with van der Waals surface area (Å²) in [6, 6.07) is 14.9. The van der Waals surface area contributed by atoms with Crippen molar-refractivity contribution in [3.63, 3.8) is 0 Å². The van der Waals surface area contributed by atoms with Gasteiger partial charge in [0.1, 0.15) is 0 Å². The zero-order valence-corrected chi connectivity index (χ0v) is 10.5. The second-order valence-corrected chi connectivity index (χ2v) is 4.40. The summed E-state index contributed by atoms with van der Waals surface area (Å²) in [5.74, 6) is 0.0490. The molecular formula is C16H17NO. The Bertz CT molecular complexity index is 543. The predicted octanol–water partition coefficient (Wildman–Crippen LogP) is 3.45. The van der Waals surface area contributed by atoms with Crippen LogP contribution < -0.4 is 5.73 Å². The minimum Gasteiger partial charge on any atom is -0.399 e. The number of nitrogens with two attached hydrogens (primary N) is 1. The van der Waals surface area contributed by atoms with Gasteiger partial charge in [-0.05, 0) is 42.3 Å². The summed E-state index contributed by atoms with van der Waals surface area (Å²) in [6.45, 7) is 2.13. The number of nitrogen functional groups attached to an aromatic ring is 1. The molecule has 2 aromatic carbocycles. The SMILES string of the molecule is CCCc1cccc(C(=O)c2ccc(N)cc2)c1. The normalized spacial score (nSPS) is 10.3. The van der Waals surface area contributed by atoms with Gasteiger partial charge in [-0.25, -0.2) is 0 Å². The van der Waals surface area contributed by atoms with E-state index in [9.17, 15) is 4.79 Å². The van der Waals surface area contributed by atoms with E-state index >= 15 is 0 Å². The van der Waals surface area contributed by atoms with Gasteiger partial charge in [0.05, 0.1) is 0 Å². The highest BCUT2D eigenvalue weighted by atomic mass is 16.1. The largest absolute Gasteiger partial charge is 0.399 e. The van der Waals surface area contributed by atoms with Crippen molar-refractivity contribution in [2.45, 2.75) is 19.8 Å². The van der Waals surface area contributed by atoms with Crippen molar-refractivity contribution in [1.29, 1.82) is 0 Å². The molecule has 0 aliphatic rings. The summed E-state index contributed by atoms with van der Waals surface area (Å²) in [4.78, 5) is 12.3. The van der Waals surface area contributed by atoms with Gasteiger partial charge in [0.15, 0.2) is 5.78 Å². The first-order chi connectivity index (χ1) is 8.70. The van der Waals surface area contributed by atoms with Crippen molar-refractivity contribution in [3.8, 4) is 0 Å². The van der Waals surface area contributed by atoms with Crippen LogP contribution in [0.1, 0.15) is 34.8 Å². The molecule has 0 spiro atoms. The molecule has 2 nitrogen and oxygen atoms in total. The van der Waals surface area contributed by atoms with Crippen molar-refractivity contribution in [2.75, 3.05) is 5.73 Å². The Labute approximate surface area is 107 Å². The number of benzene rings is 2. The fraction of sp³-hybridized carbons (Fsp3) is 0.188. The van der Waals surface area contributed by atoms with E-state index in [4.69, 9.17) is 5.73 Å². The molecule has 0 fully saturated rings. The zero-order chi connectivity index (χ0) is 13.0. The molecule has 0 aliphatic carbocycles. The fourth-order valence-electron chi connectivity index (χ4n) is 1.96. The number of anilines is 1. The second-order valence-electron chi connectivity index (χ2n) is 4.40. The van der Waals surface area contributed by atoms with Crippen LogP contribution in [-0.4, -0.2) is 5.78 Å². The molecule has 0 atom stereocenters. The van der Waals surface area contributed by atoms with Crippen LogP contribution >= 0.6 is 0 Å². The molecule has 0 heterocycles. The van der Waals surface area contributed by atoms with Gasteiger partial charge >= 0.3 is 0 Å². The van der Waals surface area contributed by atoms with Gasteiger partial charge in [0.2, 0.25) is 0 Å². The molecule has 0 saturated heterocycles. The lowest BCUT2D eigenvalue weighted by Crippen LogP contribution is -2.02. The van der Waals surface area contributed by atoms with Crippen molar-refractivity contribution >= 4 is 11.5 Å². The quantitative estimate of drug-likeness (QED) is 0.656. The maximum atomic E-state index is 12.3. The van der Waals surface area contributed by atoms with Crippen LogP contribution in [0.2, 0.25) is 0 Å². The molecular weight excluding hydrogens is 222 g/mol. The van der Waals surface area contributed by atoms with E-state index in [0.29, 0.717) is 11.3 Å². The molecule has 0 saturated carbocycles. The number of hydrogen-bond acceptors (Lipinski definition) is 2. The topological polar surface area (TPSA) is 43.1 Å². The van der Waals surface area contributed by atoms with Gasteiger partial charge in [-0.1, -0.05) is 31.5 Å². The summed E-state index contributed by atoms with van der Waals surface area (Å²) in [7, 11) is 0. The lowest BCUT2D eigenvalue weighted by atomic mass is 10.00. The maximum absolute atomic E-state index is 12.3. The molecule has 18 heavy (non-hydrogen) atoms. The molecule has 0 bridgehead atoms. The Morgan fingerprint density at radius 2 is 1.78 bits per heavy atom. The molecule has 0 aromatic heterocycles. The number of aryl methyl sites for hydroxylation is 1. The maximum Gasteiger partial charge on any atom is 0.193 e.